The Hall–Kier alpha value is -0.0400. The Morgan fingerprint density at radius 2 is 1.56 bits per heavy atom. The molecule has 1 heteroatoms. The van der Waals surface area contributed by atoms with E-state index in [-0.39, 0.29) is 0 Å². The average molecular weight is 124 g/mol. The van der Waals surface area contributed by atoms with Gasteiger partial charge >= 0.3 is 0 Å². The monoisotopic (exact) mass is 124 g/mol. The van der Waals surface area contributed by atoms with E-state index in [4.69, 9.17) is 0 Å². The topological polar surface area (TPSA) is 3.24 Å². The number of likely N-dealkylation sites (tertiary alicyclic amines) is 1. The molecule has 2 fully saturated rings. The van der Waals surface area contributed by atoms with E-state index in [9.17, 15) is 0 Å². The van der Waals surface area contributed by atoms with Crippen molar-refractivity contribution in [1.29, 1.82) is 0 Å². The minimum Gasteiger partial charge on any atom is -0.302 e. The second-order valence-electron chi connectivity index (χ2n) is 3.62. The van der Waals surface area contributed by atoms with Crippen LogP contribution in [0.2, 0.25) is 0 Å². The van der Waals surface area contributed by atoms with Gasteiger partial charge in [-0.25, -0.2) is 0 Å². The second kappa shape index (κ2) is 1.72. The molecular formula is C8H14N. The minimum absolute atomic E-state index is 0.828. The molecule has 0 aromatic rings. The van der Waals surface area contributed by atoms with E-state index in [1.54, 1.807) is 0 Å². The SMILES string of the molecule is [CH2]N1CCC2(CC1)CC2. The molecule has 2 aliphatic rings. The van der Waals surface area contributed by atoms with Crippen LogP contribution in [0.1, 0.15) is 25.7 Å². The normalized spacial score (nSPS) is 33.0. The van der Waals surface area contributed by atoms with Crippen molar-refractivity contribution in [3.8, 4) is 0 Å². The lowest BCUT2D eigenvalue weighted by atomic mass is 9.94. The van der Waals surface area contributed by atoms with Crippen molar-refractivity contribution < 1.29 is 0 Å². The standard InChI is InChI=1S/C8H14N/c1-9-6-4-8(2-3-8)5-7-9/h1-7H2. The quantitative estimate of drug-likeness (QED) is 0.474. The molecule has 0 aromatic carbocycles. The van der Waals surface area contributed by atoms with Gasteiger partial charge in [0.2, 0.25) is 0 Å². The van der Waals surface area contributed by atoms with Gasteiger partial charge < -0.3 is 4.90 Å². The summed E-state index contributed by atoms with van der Waals surface area (Å²) in [5.41, 5.74) is 0.828. The molecule has 1 aliphatic heterocycles. The maximum absolute atomic E-state index is 3.92. The molecule has 0 atom stereocenters. The Labute approximate surface area is 57.0 Å². The van der Waals surface area contributed by atoms with Crippen LogP contribution < -0.4 is 0 Å². The zero-order valence-corrected chi connectivity index (χ0v) is 5.90. The maximum atomic E-state index is 3.92. The van der Waals surface area contributed by atoms with Gasteiger partial charge in [0.1, 0.15) is 0 Å². The van der Waals surface area contributed by atoms with E-state index in [0.717, 1.165) is 5.41 Å². The van der Waals surface area contributed by atoms with Crippen molar-refractivity contribution in [3.05, 3.63) is 7.05 Å². The predicted molar refractivity (Wildman–Crippen MR) is 37.8 cm³/mol. The van der Waals surface area contributed by atoms with Crippen molar-refractivity contribution in [3.63, 3.8) is 0 Å². The van der Waals surface area contributed by atoms with E-state index < -0.39 is 0 Å². The maximum Gasteiger partial charge on any atom is 0.0109 e. The molecule has 0 aromatic heterocycles. The third kappa shape index (κ3) is 0.983. The van der Waals surface area contributed by atoms with Crippen molar-refractivity contribution in [1.82, 2.24) is 4.90 Å². The number of hydrogen-bond donors (Lipinski definition) is 0. The first-order valence-corrected chi connectivity index (χ1v) is 3.86. The number of rotatable bonds is 0. The Bertz CT molecular complexity index is 106. The van der Waals surface area contributed by atoms with Gasteiger partial charge in [0.15, 0.2) is 0 Å². The van der Waals surface area contributed by atoms with Gasteiger partial charge in [0.25, 0.3) is 0 Å². The third-order valence-corrected chi connectivity index (χ3v) is 2.87. The first-order chi connectivity index (χ1) is 4.31. The molecule has 1 saturated heterocycles. The molecule has 1 spiro atoms. The lowest BCUT2D eigenvalue weighted by Crippen LogP contribution is -2.29. The molecule has 0 unspecified atom stereocenters. The third-order valence-electron chi connectivity index (χ3n) is 2.87. The van der Waals surface area contributed by atoms with Gasteiger partial charge in [0.05, 0.1) is 0 Å². The minimum atomic E-state index is 0.828. The number of piperidine rings is 1. The van der Waals surface area contributed by atoms with Gasteiger partial charge in [-0.2, -0.15) is 0 Å². The van der Waals surface area contributed by atoms with E-state index >= 15 is 0 Å². The van der Waals surface area contributed by atoms with Gasteiger partial charge in [-0.3, -0.25) is 0 Å². The molecule has 0 amide bonds. The first-order valence-electron chi connectivity index (χ1n) is 3.86. The fraction of sp³-hybridized carbons (Fsp3) is 0.875. The molecule has 0 bridgehead atoms. The highest BCUT2D eigenvalue weighted by Crippen LogP contribution is 2.53. The van der Waals surface area contributed by atoms with Crippen molar-refractivity contribution in [2.75, 3.05) is 13.1 Å². The van der Waals surface area contributed by atoms with Crippen LogP contribution in [0.4, 0.5) is 0 Å². The second-order valence-corrected chi connectivity index (χ2v) is 3.62. The largest absolute Gasteiger partial charge is 0.302 e. The van der Waals surface area contributed by atoms with Crippen molar-refractivity contribution >= 4 is 0 Å². The van der Waals surface area contributed by atoms with Gasteiger partial charge in [-0.1, -0.05) is 0 Å². The van der Waals surface area contributed by atoms with Crippen LogP contribution in [0.15, 0.2) is 0 Å². The van der Waals surface area contributed by atoms with Crippen molar-refractivity contribution in [2.24, 2.45) is 5.41 Å². The molecule has 1 heterocycles. The summed E-state index contributed by atoms with van der Waals surface area (Å²) in [7, 11) is 3.92. The molecule has 51 valence electrons. The summed E-state index contributed by atoms with van der Waals surface area (Å²) in [6.07, 6.45) is 5.83. The highest BCUT2D eigenvalue weighted by Gasteiger charge is 2.43. The summed E-state index contributed by atoms with van der Waals surface area (Å²) < 4.78 is 0. The van der Waals surface area contributed by atoms with Gasteiger partial charge in [0, 0.05) is 7.05 Å². The van der Waals surface area contributed by atoms with Crippen LogP contribution in [0.25, 0.3) is 0 Å². The average Bonchev–Trinajstić information content (AvgIpc) is 2.60. The van der Waals surface area contributed by atoms with Crippen LogP contribution in [0.5, 0.6) is 0 Å². The van der Waals surface area contributed by atoms with Crippen LogP contribution in [-0.4, -0.2) is 18.0 Å². The molecule has 1 nitrogen and oxygen atoms in total. The summed E-state index contributed by atoms with van der Waals surface area (Å²) in [5.74, 6) is 0. The Morgan fingerprint density at radius 1 is 1.00 bits per heavy atom. The highest BCUT2D eigenvalue weighted by atomic mass is 15.1. The lowest BCUT2D eigenvalue weighted by molar-refractivity contribution is 0.225. The zero-order valence-electron chi connectivity index (χ0n) is 5.90. The summed E-state index contributed by atoms with van der Waals surface area (Å²) >= 11 is 0. The summed E-state index contributed by atoms with van der Waals surface area (Å²) in [4.78, 5) is 2.20. The number of hydrogen-bond acceptors (Lipinski definition) is 1. The van der Waals surface area contributed by atoms with Crippen LogP contribution in [0.3, 0.4) is 0 Å². The fourth-order valence-corrected chi connectivity index (χ4v) is 1.70. The summed E-state index contributed by atoms with van der Waals surface area (Å²) in [6.45, 7) is 2.47. The van der Waals surface area contributed by atoms with Gasteiger partial charge in [-0.05, 0) is 44.2 Å². The Morgan fingerprint density at radius 3 is 2.00 bits per heavy atom. The van der Waals surface area contributed by atoms with Crippen LogP contribution in [0, 0.1) is 12.5 Å². The van der Waals surface area contributed by atoms with Gasteiger partial charge in [-0.15, -0.1) is 0 Å². The van der Waals surface area contributed by atoms with E-state index in [1.165, 1.54) is 38.8 Å². The number of nitrogens with zero attached hydrogens (tertiary/aromatic N) is 1. The molecule has 9 heavy (non-hydrogen) atoms. The van der Waals surface area contributed by atoms with E-state index in [0.29, 0.717) is 0 Å². The predicted octanol–water partition coefficient (Wildman–Crippen LogP) is 1.65. The van der Waals surface area contributed by atoms with E-state index in [2.05, 4.69) is 11.9 Å². The lowest BCUT2D eigenvalue weighted by Gasteiger charge is -2.28. The Balaban J connectivity index is 1.91. The molecular weight excluding hydrogens is 110 g/mol. The first kappa shape index (κ1) is 5.72. The van der Waals surface area contributed by atoms with Crippen LogP contribution >= 0.6 is 0 Å². The molecule has 1 saturated carbocycles. The molecule has 1 radical (unpaired) electrons. The van der Waals surface area contributed by atoms with E-state index in [1.807, 2.05) is 0 Å². The summed E-state index contributed by atoms with van der Waals surface area (Å²) in [6, 6.07) is 0. The van der Waals surface area contributed by atoms with Crippen molar-refractivity contribution in [2.45, 2.75) is 25.7 Å². The smallest absolute Gasteiger partial charge is 0.0109 e. The fourth-order valence-electron chi connectivity index (χ4n) is 1.70. The zero-order chi connectivity index (χ0) is 6.32. The molecule has 0 N–H and O–H groups in total. The van der Waals surface area contributed by atoms with Crippen LogP contribution in [-0.2, 0) is 0 Å². The Kier molecular flexibility index (Phi) is 1.10. The highest BCUT2D eigenvalue weighted by molar-refractivity contribution is 4.96. The molecule has 1 aliphatic carbocycles. The summed E-state index contributed by atoms with van der Waals surface area (Å²) in [5, 5.41) is 0. The molecule has 2 rings (SSSR count).